The highest BCUT2D eigenvalue weighted by Crippen LogP contribution is 2.34. The summed E-state index contributed by atoms with van der Waals surface area (Å²) in [4.78, 5) is 14.8. The lowest BCUT2D eigenvalue weighted by molar-refractivity contribution is 0.0553. The molecule has 94 valence electrons. The van der Waals surface area contributed by atoms with Crippen molar-refractivity contribution in [1.29, 1.82) is 0 Å². The van der Waals surface area contributed by atoms with Crippen LogP contribution in [0.5, 0.6) is 0 Å². The molecule has 0 saturated heterocycles. The molecule has 0 amide bonds. The van der Waals surface area contributed by atoms with Gasteiger partial charge >= 0.3 is 0 Å². The van der Waals surface area contributed by atoms with E-state index in [1.165, 1.54) is 6.42 Å². The fourth-order valence-electron chi connectivity index (χ4n) is 2.75. The Morgan fingerprint density at radius 1 is 1.35 bits per heavy atom. The highest BCUT2D eigenvalue weighted by molar-refractivity contribution is 6.01. The summed E-state index contributed by atoms with van der Waals surface area (Å²) in [7, 11) is 5.76. The molecule has 0 spiro atoms. The van der Waals surface area contributed by atoms with Crippen molar-refractivity contribution in [1.82, 2.24) is 19.9 Å². The van der Waals surface area contributed by atoms with Crippen molar-refractivity contribution in [3.63, 3.8) is 0 Å². The molecule has 0 bridgehead atoms. The summed E-state index contributed by atoms with van der Waals surface area (Å²) in [5, 5.41) is 7.65. The molecule has 1 fully saturated rings. The fraction of sp³-hybridized carbons (Fsp3) is 0.750. The SMILES string of the molecule is CN(C)C1(C(=O)c2cnnn2C)CCCCC1. The van der Waals surface area contributed by atoms with Crippen LogP contribution in [0.25, 0.3) is 0 Å². The molecule has 1 aliphatic carbocycles. The quantitative estimate of drug-likeness (QED) is 0.741. The van der Waals surface area contributed by atoms with Crippen LogP contribution in [-0.4, -0.2) is 45.3 Å². The van der Waals surface area contributed by atoms with Gasteiger partial charge in [-0.1, -0.05) is 24.5 Å². The number of Topliss-reactive ketones (excluding diaryl/α,β-unsaturated/α-hetero) is 1. The molecule has 2 rings (SSSR count). The first-order valence-corrected chi connectivity index (χ1v) is 6.15. The second-order valence-electron chi connectivity index (χ2n) is 5.06. The van der Waals surface area contributed by atoms with Crippen LogP contribution in [0.4, 0.5) is 0 Å². The van der Waals surface area contributed by atoms with Gasteiger partial charge < -0.3 is 0 Å². The van der Waals surface area contributed by atoms with Gasteiger partial charge in [-0.3, -0.25) is 9.69 Å². The first kappa shape index (κ1) is 12.2. The molecule has 0 N–H and O–H groups in total. The molecule has 1 heterocycles. The molecule has 1 aromatic rings. The van der Waals surface area contributed by atoms with Crippen molar-refractivity contribution < 1.29 is 4.79 Å². The highest BCUT2D eigenvalue weighted by Gasteiger charge is 2.42. The smallest absolute Gasteiger partial charge is 0.202 e. The highest BCUT2D eigenvalue weighted by atomic mass is 16.1. The summed E-state index contributed by atoms with van der Waals surface area (Å²) in [6.45, 7) is 0. The third kappa shape index (κ3) is 1.99. The summed E-state index contributed by atoms with van der Waals surface area (Å²) in [5.41, 5.74) is 0.258. The van der Waals surface area contributed by atoms with E-state index in [0.29, 0.717) is 5.69 Å². The lowest BCUT2D eigenvalue weighted by atomic mass is 9.76. The minimum atomic E-state index is -0.353. The normalized spacial score (nSPS) is 19.5. The molecule has 0 aliphatic heterocycles. The minimum Gasteiger partial charge on any atom is -0.297 e. The molecule has 0 radical (unpaired) electrons. The van der Waals surface area contributed by atoms with E-state index < -0.39 is 0 Å². The number of ketones is 1. The van der Waals surface area contributed by atoms with Gasteiger partial charge in [-0.2, -0.15) is 0 Å². The zero-order valence-electron chi connectivity index (χ0n) is 10.8. The number of carbonyl (C=O) groups is 1. The Bertz CT molecular complexity index is 404. The van der Waals surface area contributed by atoms with Crippen LogP contribution < -0.4 is 0 Å². The van der Waals surface area contributed by atoms with Crippen molar-refractivity contribution in [2.24, 2.45) is 7.05 Å². The standard InChI is InChI=1S/C12H20N4O/c1-15(2)12(7-5-4-6-8-12)11(17)10-9-13-14-16(10)3/h9H,4-8H2,1-3H3. The average Bonchev–Trinajstić information content (AvgIpc) is 2.75. The van der Waals surface area contributed by atoms with E-state index in [-0.39, 0.29) is 11.3 Å². The Morgan fingerprint density at radius 2 is 2.00 bits per heavy atom. The maximum Gasteiger partial charge on any atom is 0.202 e. The Kier molecular flexibility index (Phi) is 3.28. The van der Waals surface area contributed by atoms with Crippen LogP contribution in [0.1, 0.15) is 42.6 Å². The van der Waals surface area contributed by atoms with E-state index >= 15 is 0 Å². The van der Waals surface area contributed by atoms with Crippen LogP contribution in [0, 0.1) is 0 Å². The van der Waals surface area contributed by atoms with Crippen molar-refractivity contribution >= 4 is 5.78 Å². The summed E-state index contributed by atoms with van der Waals surface area (Å²) in [6, 6.07) is 0. The van der Waals surface area contributed by atoms with Crippen molar-refractivity contribution in [2.75, 3.05) is 14.1 Å². The number of hydrogen-bond donors (Lipinski definition) is 0. The van der Waals surface area contributed by atoms with Crippen LogP contribution in [0.15, 0.2) is 6.20 Å². The Morgan fingerprint density at radius 3 is 2.47 bits per heavy atom. The number of aryl methyl sites for hydroxylation is 1. The van der Waals surface area contributed by atoms with Gasteiger partial charge in [-0.05, 0) is 26.9 Å². The van der Waals surface area contributed by atoms with Crippen LogP contribution >= 0.6 is 0 Å². The molecule has 5 heteroatoms. The molecule has 1 aliphatic rings. The fourth-order valence-corrected chi connectivity index (χ4v) is 2.75. The lowest BCUT2D eigenvalue weighted by Crippen LogP contribution is -2.52. The zero-order valence-corrected chi connectivity index (χ0v) is 10.8. The first-order chi connectivity index (χ1) is 8.08. The van der Waals surface area contributed by atoms with Gasteiger partial charge in [-0.15, -0.1) is 5.10 Å². The predicted molar refractivity (Wildman–Crippen MR) is 64.8 cm³/mol. The maximum atomic E-state index is 12.7. The Balaban J connectivity index is 2.34. The molecule has 1 saturated carbocycles. The van der Waals surface area contributed by atoms with Gasteiger partial charge in [0.2, 0.25) is 5.78 Å². The Hall–Kier alpha value is -1.23. The van der Waals surface area contributed by atoms with Crippen LogP contribution in [0.2, 0.25) is 0 Å². The minimum absolute atomic E-state index is 0.162. The van der Waals surface area contributed by atoms with Gasteiger partial charge in [0.05, 0.1) is 11.7 Å². The van der Waals surface area contributed by atoms with Crippen molar-refractivity contribution in [2.45, 2.75) is 37.6 Å². The third-order valence-corrected chi connectivity index (χ3v) is 3.91. The molecule has 5 nitrogen and oxygen atoms in total. The van der Waals surface area contributed by atoms with Gasteiger partial charge in [0.15, 0.2) is 0 Å². The third-order valence-electron chi connectivity index (χ3n) is 3.91. The van der Waals surface area contributed by atoms with E-state index in [2.05, 4.69) is 15.2 Å². The molecule has 1 aromatic heterocycles. The summed E-state index contributed by atoms with van der Waals surface area (Å²) in [5.74, 6) is 0.162. The number of aromatic nitrogens is 3. The number of hydrogen-bond acceptors (Lipinski definition) is 4. The van der Waals surface area contributed by atoms with E-state index in [1.807, 2.05) is 14.1 Å². The molecule has 0 aromatic carbocycles. The van der Waals surface area contributed by atoms with Gasteiger partial charge in [0.25, 0.3) is 0 Å². The summed E-state index contributed by atoms with van der Waals surface area (Å²) < 4.78 is 1.57. The Labute approximate surface area is 102 Å². The molecular formula is C12H20N4O. The van der Waals surface area contributed by atoms with E-state index in [0.717, 1.165) is 25.7 Å². The van der Waals surface area contributed by atoms with Gasteiger partial charge in [0.1, 0.15) is 5.69 Å². The topological polar surface area (TPSA) is 51.0 Å². The van der Waals surface area contributed by atoms with E-state index in [9.17, 15) is 4.79 Å². The molecule has 0 unspecified atom stereocenters. The number of rotatable bonds is 3. The molecule has 17 heavy (non-hydrogen) atoms. The molecule has 0 atom stereocenters. The number of carbonyl (C=O) groups excluding carboxylic acids is 1. The number of nitrogens with zero attached hydrogens (tertiary/aromatic N) is 4. The predicted octanol–water partition coefficient (Wildman–Crippen LogP) is 1.26. The van der Waals surface area contributed by atoms with Crippen molar-refractivity contribution in [3.8, 4) is 0 Å². The second kappa shape index (κ2) is 4.56. The first-order valence-electron chi connectivity index (χ1n) is 6.15. The molecular weight excluding hydrogens is 216 g/mol. The monoisotopic (exact) mass is 236 g/mol. The summed E-state index contributed by atoms with van der Waals surface area (Å²) in [6.07, 6.45) is 6.91. The largest absolute Gasteiger partial charge is 0.297 e. The lowest BCUT2D eigenvalue weighted by Gasteiger charge is -2.41. The van der Waals surface area contributed by atoms with Crippen LogP contribution in [0.3, 0.4) is 0 Å². The van der Waals surface area contributed by atoms with E-state index in [4.69, 9.17) is 0 Å². The van der Waals surface area contributed by atoms with Gasteiger partial charge in [-0.25, -0.2) is 4.68 Å². The summed E-state index contributed by atoms with van der Waals surface area (Å²) >= 11 is 0. The second-order valence-corrected chi connectivity index (χ2v) is 5.06. The maximum absolute atomic E-state index is 12.7. The van der Waals surface area contributed by atoms with Gasteiger partial charge in [0, 0.05) is 7.05 Å². The van der Waals surface area contributed by atoms with Crippen LogP contribution in [-0.2, 0) is 7.05 Å². The zero-order chi connectivity index (χ0) is 12.5. The average molecular weight is 236 g/mol. The van der Waals surface area contributed by atoms with E-state index in [1.54, 1.807) is 17.9 Å². The van der Waals surface area contributed by atoms with Crippen molar-refractivity contribution in [3.05, 3.63) is 11.9 Å². The number of likely N-dealkylation sites (N-methyl/N-ethyl adjacent to an activating group) is 1.